The highest BCUT2D eigenvalue weighted by Crippen LogP contribution is 2.30. The van der Waals surface area contributed by atoms with Crippen LogP contribution in [0.3, 0.4) is 0 Å². The van der Waals surface area contributed by atoms with Crippen molar-refractivity contribution in [1.82, 2.24) is 15.1 Å². The van der Waals surface area contributed by atoms with Gasteiger partial charge in [0.25, 0.3) is 5.91 Å². The molecule has 0 spiro atoms. The zero-order valence-corrected chi connectivity index (χ0v) is 15.5. The van der Waals surface area contributed by atoms with E-state index in [1.165, 1.54) is 11.3 Å². The van der Waals surface area contributed by atoms with Gasteiger partial charge in [0.1, 0.15) is 0 Å². The molecule has 3 rings (SSSR count). The van der Waals surface area contributed by atoms with E-state index in [4.69, 9.17) is 0 Å². The number of thiophene rings is 1. The third kappa shape index (κ3) is 3.28. The maximum absolute atomic E-state index is 12.4. The Morgan fingerprint density at radius 3 is 2.56 bits per heavy atom. The fourth-order valence-corrected chi connectivity index (χ4v) is 3.90. The van der Waals surface area contributed by atoms with Crippen LogP contribution in [0.5, 0.6) is 0 Å². The zero-order valence-electron chi connectivity index (χ0n) is 14.6. The first-order valence-electron chi connectivity index (χ1n) is 7.95. The van der Waals surface area contributed by atoms with Gasteiger partial charge in [-0.15, -0.1) is 11.3 Å². The molecule has 0 aliphatic carbocycles. The molecule has 0 saturated heterocycles. The summed E-state index contributed by atoms with van der Waals surface area (Å²) in [5, 5.41) is 10.8. The second-order valence-electron chi connectivity index (χ2n) is 5.95. The number of amides is 2. The van der Waals surface area contributed by atoms with Gasteiger partial charge in [-0.05, 0) is 37.8 Å². The minimum Gasteiger partial charge on any atom is -0.342 e. The summed E-state index contributed by atoms with van der Waals surface area (Å²) in [6.07, 6.45) is 0. The van der Waals surface area contributed by atoms with E-state index in [2.05, 4.69) is 15.7 Å². The van der Waals surface area contributed by atoms with Crippen molar-refractivity contribution in [3.05, 3.63) is 46.1 Å². The molecular weight excluding hydrogens is 336 g/mol. The topological polar surface area (TPSA) is 76.0 Å². The van der Waals surface area contributed by atoms with E-state index in [1.807, 2.05) is 52.1 Å². The highest BCUT2D eigenvalue weighted by Gasteiger charge is 2.17. The fourth-order valence-electron chi connectivity index (χ4n) is 2.77. The molecule has 2 aromatic heterocycles. The molecule has 0 fully saturated rings. The minimum atomic E-state index is -0.272. The van der Waals surface area contributed by atoms with Crippen LogP contribution in [0.25, 0.3) is 10.1 Å². The van der Waals surface area contributed by atoms with Crippen LogP contribution in [0.2, 0.25) is 0 Å². The summed E-state index contributed by atoms with van der Waals surface area (Å²) in [6.45, 7) is 5.56. The SMILES string of the molecule is Cc1nn(C)c(C)c1NC(=O)CNC(=O)c1sc2ccccc2c1C. The number of hydrogen-bond acceptors (Lipinski definition) is 4. The summed E-state index contributed by atoms with van der Waals surface area (Å²) in [5.74, 6) is -0.500. The third-order valence-electron chi connectivity index (χ3n) is 4.23. The molecule has 25 heavy (non-hydrogen) atoms. The molecule has 130 valence electrons. The van der Waals surface area contributed by atoms with Crippen molar-refractivity contribution in [2.75, 3.05) is 11.9 Å². The monoisotopic (exact) mass is 356 g/mol. The van der Waals surface area contributed by atoms with Crippen molar-refractivity contribution < 1.29 is 9.59 Å². The van der Waals surface area contributed by atoms with Gasteiger partial charge in [-0.2, -0.15) is 5.10 Å². The summed E-state index contributed by atoms with van der Waals surface area (Å²) in [5.41, 5.74) is 3.26. The molecule has 2 heterocycles. The Kier molecular flexibility index (Phi) is 4.59. The molecule has 1 aromatic carbocycles. The predicted octanol–water partition coefficient (Wildman–Crippen LogP) is 2.93. The molecule has 7 heteroatoms. The number of aromatic nitrogens is 2. The van der Waals surface area contributed by atoms with Gasteiger partial charge in [0.2, 0.25) is 5.91 Å². The highest BCUT2D eigenvalue weighted by molar-refractivity contribution is 7.21. The predicted molar refractivity (Wildman–Crippen MR) is 100 cm³/mol. The molecular formula is C18H20N4O2S. The van der Waals surface area contributed by atoms with Crippen molar-refractivity contribution >= 4 is 38.9 Å². The van der Waals surface area contributed by atoms with Crippen LogP contribution < -0.4 is 10.6 Å². The number of benzene rings is 1. The van der Waals surface area contributed by atoms with Crippen LogP contribution in [0.15, 0.2) is 24.3 Å². The Labute approximate surface area is 149 Å². The lowest BCUT2D eigenvalue weighted by Crippen LogP contribution is -2.33. The Morgan fingerprint density at radius 1 is 1.20 bits per heavy atom. The van der Waals surface area contributed by atoms with E-state index < -0.39 is 0 Å². The number of hydrogen-bond donors (Lipinski definition) is 2. The summed E-state index contributed by atoms with van der Waals surface area (Å²) in [7, 11) is 1.82. The van der Waals surface area contributed by atoms with Gasteiger partial charge in [0.05, 0.1) is 28.5 Å². The second-order valence-corrected chi connectivity index (χ2v) is 7.00. The Balaban J connectivity index is 1.67. The normalized spacial score (nSPS) is 10.9. The van der Waals surface area contributed by atoms with E-state index >= 15 is 0 Å². The van der Waals surface area contributed by atoms with Crippen molar-refractivity contribution in [2.45, 2.75) is 20.8 Å². The quantitative estimate of drug-likeness (QED) is 0.755. The van der Waals surface area contributed by atoms with E-state index in [9.17, 15) is 9.59 Å². The lowest BCUT2D eigenvalue weighted by atomic mass is 10.1. The number of fused-ring (bicyclic) bond motifs is 1. The lowest BCUT2D eigenvalue weighted by molar-refractivity contribution is -0.115. The summed E-state index contributed by atoms with van der Waals surface area (Å²) in [6, 6.07) is 7.89. The number of nitrogens with one attached hydrogen (secondary N) is 2. The van der Waals surface area contributed by atoms with Crippen LogP contribution >= 0.6 is 11.3 Å². The largest absolute Gasteiger partial charge is 0.342 e. The van der Waals surface area contributed by atoms with Crippen molar-refractivity contribution in [2.24, 2.45) is 7.05 Å². The number of rotatable bonds is 4. The standard InChI is InChI=1S/C18H20N4O2S/c1-10-13-7-5-6-8-14(13)25-17(10)18(24)19-9-15(23)20-16-11(2)21-22(4)12(16)3/h5-8H,9H2,1-4H3,(H,19,24)(H,20,23). The summed E-state index contributed by atoms with van der Waals surface area (Å²) < 4.78 is 2.78. The molecule has 0 aliphatic rings. The Morgan fingerprint density at radius 2 is 1.92 bits per heavy atom. The minimum absolute atomic E-state index is 0.0830. The van der Waals surface area contributed by atoms with Crippen LogP contribution in [0, 0.1) is 20.8 Å². The van der Waals surface area contributed by atoms with Crippen molar-refractivity contribution in [3.63, 3.8) is 0 Å². The fraction of sp³-hybridized carbons (Fsp3) is 0.278. The van der Waals surface area contributed by atoms with Gasteiger partial charge in [-0.25, -0.2) is 0 Å². The highest BCUT2D eigenvalue weighted by atomic mass is 32.1. The second kappa shape index (κ2) is 6.68. The van der Waals surface area contributed by atoms with E-state index in [0.29, 0.717) is 10.6 Å². The molecule has 0 saturated carbocycles. The molecule has 0 radical (unpaired) electrons. The summed E-state index contributed by atoms with van der Waals surface area (Å²) >= 11 is 1.44. The van der Waals surface area contributed by atoms with E-state index in [-0.39, 0.29) is 18.4 Å². The number of aryl methyl sites for hydroxylation is 3. The van der Waals surface area contributed by atoms with Crippen LogP contribution in [0.1, 0.15) is 26.6 Å². The maximum Gasteiger partial charge on any atom is 0.262 e. The van der Waals surface area contributed by atoms with Crippen LogP contribution in [0.4, 0.5) is 5.69 Å². The average Bonchev–Trinajstić information content (AvgIpc) is 3.05. The number of nitrogens with zero attached hydrogens (tertiary/aromatic N) is 2. The van der Waals surface area contributed by atoms with E-state index in [0.717, 1.165) is 27.0 Å². The van der Waals surface area contributed by atoms with Gasteiger partial charge >= 0.3 is 0 Å². The molecule has 2 N–H and O–H groups in total. The first-order valence-corrected chi connectivity index (χ1v) is 8.76. The zero-order chi connectivity index (χ0) is 18.1. The van der Waals surface area contributed by atoms with E-state index in [1.54, 1.807) is 4.68 Å². The molecule has 0 bridgehead atoms. The van der Waals surface area contributed by atoms with Gasteiger partial charge in [-0.3, -0.25) is 14.3 Å². The Bertz CT molecular complexity index is 971. The molecule has 2 amide bonds. The average molecular weight is 356 g/mol. The third-order valence-corrected chi connectivity index (χ3v) is 5.50. The summed E-state index contributed by atoms with van der Waals surface area (Å²) in [4.78, 5) is 25.2. The van der Waals surface area contributed by atoms with Crippen LogP contribution in [-0.2, 0) is 11.8 Å². The molecule has 0 aliphatic heterocycles. The molecule has 3 aromatic rings. The number of anilines is 1. The molecule has 6 nitrogen and oxygen atoms in total. The maximum atomic E-state index is 12.4. The van der Waals surface area contributed by atoms with Gasteiger partial charge in [0, 0.05) is 11.7 Å². The Hall–Kier alpha value is -2.67. The van der Waals surface area contributed by atoms with Crippen molar-refractivity contribution in [1.29, 1.82) is 0 Å². The van der Waals surface area contributed by atoms with Gasteiger partial charge in [-0.1, -0.05) is 18.2 Å². The van der Waals surface area contributed by atoms with Crippen molar-refractivity contribution in [3.8, 4) is 0 Å². The molecule has 0 atom stereocenters. The molecule has 0 unspecified atom stereocenters. The van der Waals surface area contributed by atoms with Gasteiger partial charge in [0.15, 0.2) is 0 Å². The first kappa shape index (κ1) is 17.2. The van der Waals surface area contributed by atoms with Gasteiger partial charge < -0.3 is 10.6 Å². The smallest absolute Gasteiger partial charge is 0.262 e. The lowest BCUT2D eigenvalue weighted by Gasteiger charge is -2.07. The number of carbonyl (C=O) groups excluding carboxylic acids is 2. The first-order chi connectivity index (χ1) is 11.9. The van der Waals surface area contributed by atoms with Crippen LogP contribution in [-0.4, -0.2) is 28.1 Å². The number of carbonyl (C=O) groups is 2.